The molecule has 0 aromatic heterocycles. The highest BCUT2D eigenvalue weighted by atomic mass is 16.4. The molecular formula is C18H23NO3. The maximum absolute atomic E-state index is 12.1. The fraction of sp³-hybridized carbons (Fsp3) is 0.444. The Balaban J connectivity index is 1.74. The number of carbonyl (C=O) groups excluding carboxylic acids is 1. The Hall–Kier alpha value is -2.10. The second kappa shape index (κ2) is 7.78. The van der Waals surface area contributed by atoms with Crippen LogP contribution in [0.4, 0.5) is 0 Å². The third-order valence-electron chi connectivity index (χ3n) is 4.04. The summed E-state index contributed by atoms with van der Waals surface area (Å²) in [5, 5.41) is 11.6. The zero-order chi connectivity index (χ0) is 15.9. The van der Waals surface area contributed by atoms with E-state index in [1.165, 1.54) is 11.1 Å². The molecule has 0 bridgehead atoms. The Bertz CT molecular complexity index is 552. The zero-order valence-corrected chi connectivity index (χ0v) is 13.0. The molecule has 0 heterocycles. The minimum absolute atomic E-state index is 0.0176. The molecular weight excluding hydrogens is 278 g/mol. The van der Waals surface area contributed by atoms with Crippen molar-refractivity contribution in [3.05, 3.63) is 47.0 Å². The third kappa shape index (κ3) is 4.72. The molecule has 0 saturated carbocycles. The van der Waals surface area contributed by atoms with Crippen LogP contribution in [0.1, 0.15) is 43.7 Å². The second-order valence-electron chi connectivity index (χ2n) is 5.87. The van der Waals surface area contributed by atoms with Crippen LogP contribution in [0.15, 0.2) is 35.9 Å². The smallest absolute Gasteiger partial charge is 0.303 e. The molecule has 1 aliphatic rings. The fourth-order valence-corrected chi connectivity index (χ4v) is 2.79. The summed E-state index contributed by atoms with van der Waals surface area (Å²) in [4.78, 5) is 22.6. The first-order chi connectivity index (χ1) is 10.6. The minimum atomic E-state index is -0.765. The van der Waals surface area contributed by atoms with Gasteiger partial charge in [0.1, 0.15) is 0 Å². The van der Waals surface area contributed by atoms with E-state index in [0.29, 0.717) is 12.0 Å². The molecule has 4 heteroatoms. The first-order valence-electron chi connectivity index (χ1n) is 7.82. The van der Waals surface area contributed by atoms with Crippen LogP contribution >= 0.6 is 0 Å². The average Bonchev–Trinajstić information content (AvgIpc) is 2.88. The lowest BCUT2D eigenvalue weighted by atomic mass is 10.1. The van der Waals surface area contributed by atoms with Gasteiger partial charge in [-0.05, 0) is 50.2 Å². The van der Waals surface area contributed by atoms with Crippen molar-refractivity contribution in [2.75, 3.05) is 0 Å². The van der Waals surface area contributed by atoms with Gasteiger partial charge in [-0.1, -0.05) is 30.3 Å². The van der Waals surface area contributed by atoms with Crippen molar-refractivity contribution in [3.63, 3.8) is 0 Å². The van der Waals surface area contributed by atoms with Crippen molar-refractivity contribution < 1.29 is 14.7 Å². The van der Waals surface area contributed by atoms with Crippen LogP contribution in [-0.4, -0.2) is 23.0 Å². The lowest BCUT2D eigenvalue weighted by Crippen LogP contribution is -2.35. The summed E-state index contributed by atoms with van der Waals surface area (Å²) in [6.45, 7) is 1.81. The van der Waals surface area contributed by atoms with Crippen molar-refractivity contribution in [1.82, 2.24) is 5.32 Å². The summed E-state index contributed by atoms with van der Waals surface area (Å²) in [6.07, 6.45) is 6.09. The van der Waals surface area contributed by atoms with E-state index in [9.17, 15) is 9.59 Å². The van der Waals surface area contributed by atoms with Gasteiger partial charge in [-0.15, -0.1) is 0 Å². The van der Waals surface area contributed by atoms with E-state index >= 15 is 0 Å². The Kier molecular flexibility index (Phi) is 5.75. The van der Waals surface area contributed by atoms with E-state index in [0.717, 1.165) is 25.7 Å². The van der Waals surface area contributed by atoms with Crippen LogP contribution in [0.3, 0.4) is 0 Å². The molecule has 1 aromatic rings. The number of rotatable bonds is 7. The summed E-state index contributed by atoms with van der Waals surface area (Å²) in [5.41, 5.74) is 3.36. The van der Waals surface area contributed by atoms with Gasteiger partial charge in [0.15, 0.2) is 0 Å². The van der Waals surface area contributed by atoms with Crippen LogP contribution in [0.2, 0.25) is 0 Å². The lowest BCUT2D eigenvalue weighted by Gasteiger charge is -2.12. The molecule has 1 aliphatic carbocycles. The van der Waals surface area contributed by atoms with Crippen LogP contribution in [0, 0.1) is 0 Å². The summed E-state index contributed by atoms with van der Waals surface area (Å²) in [6, 6.07) is 8.48. The van der Waals surface area contributed by atoms with E-state index in [1.807, 2.05) is 25.1 Å². The predicted molar refractivity (Wildman–Crippen MR) is 85.6 cm³/mol. The Morgan fingerprint density at radius 2 is 1.86 bits per heavy atom. The van der Waals surface area contributed by atoms with Gasteiger partial charge in [0.2, 0.25) is 5.91 Å². The maximum Gasteiger partial charge on any atom is 0.303 e. The van der Waals surface area contributed by atoms with Gasteiger partial charge in [0.25, 0.3) is 0 Å². The van der Waals surface area contributed by atoms with Crippen LogP contribution in [0.25, 0.3) is 0 Å². The van der Waals surface area contributed by atoms with Gasteiger partial charge < -0.3 is 10.4 Å². The highest BCUT2D eigenvalue weighted by Crippen LogP contribution is 2.21. The summed E-state index contributed by atoms with van der Waals surface area (Å²) < 4.78 is 0. The lowest BCUT2D eigenvalue weighted by molar-refractivity contribution is -0.137. The number of nitrogens with one attached hydrogen (secondary N) is 1. The summed E-state index contributed by atoms with van der Waals surface area (Å²) >= 11 is 0. The van der Waals surface area contributed by atoms with Gasteiger partial charge in [0, 0.05) is 18.0 Å². The largest absolute Gasteiger partial charge is 0.481 e. The molecule has 118 valence electrons. The van der Waals surface area contributed by atoms with Crippen LogP contribution in [-0.2, 0) is 22.4 Å². The van der Waals surface area contributed by atoms with E-state index in [4.69, 9.17) is 5.11 Å². The second-order valence-corrected chi connectivity index (χ2v) is 5.87. The molecule has 0 fully saturated rings. The van der Waals surface area contributed by atoms with Crippen LogP contribution < -0.4 is 5.32 Å². The molecule has 0 aliphatic heterocycles. The van der Waals surface area contributed by atoms with Crippen LogP contribution in [0.5, 0.6) is 0 Å². The topological polar surface area (TPSA) is 66.4 Å². The van der Waals surface area contributed by atoms with Crippen molar-refractivity contribution in [2.24, 2.45) is 0 Å². The van der Waals surface area contributed by atoms with E-state index in [2.05, 4.69) is 17.4 Å². The van der Waals surface area contributed by atoms with Gasteiger partial charge in [-0.2, -0.15) is 0 Å². The molecule has 2 N–H and O–H groups in total. The molecule has 0 atom stereocenters. The number of hydrogen-bond acceptors (Lipinski definition) is 2. The highest BCUT2D eigenvalue weighted by molar-refractivity contribution is 5.93. The van der Waals surface area contributed by atoms with Gasteiger partial charge in [0.05, 0.1) is 0 Å². The summed E-state index contributed by atoms with van der Waals surface area (Å²) in [5.74, 6) is -0.782. The molecule has 0 radical (unpaired) electrons. The molecule has 22 heavy (non-hydrogen) atoms. The van der Waals surface area contributed by atoms with E-state index in [1.54, 1.807) is 0 Å². The monoisotopic (exact) mass is 301 g/mol. The molecule has 4 nitrogen and oxygen atoms in total. The number of carbonyl (C=O) groups is 2. The highest BCUT2D eigenvalue weighted by Gasteiger charge is 2.22. The SMILES string of the molecule is CC(=CCCCCC(=O)O)C(=O)NC1Cc2ccccc2C1. The first-order valence-corrected chi connectivity index (χ1v) is 7.82. The maximum atomic E-state index is 12.1. The zero-order valence-electron chi connectivity index (χ0n) is 13.0. The van der Waals surface area contributed by atoms with Gasteiger partial charge >= 0.3 is 5.97 Å². The quantitative estimate of drug-likeness (QED) is 0.601. The number of carboxylic acid groups (broad SMARTS) is 1. The Labute approximate surface area is 131 Å². The predicted octanol–water partition coefficient (Wildman–Crippen LogP) is 2.86. The molecule has 1 aromatic carbocycles. The first kappa shape index (κ1) is 16.3. The number of aliphatic carboxylic acids is 1. The Morgan fingerprint density at radius 3 is 2.45 bits per heavy atom. The number of allylic oxidation sites excluding steroid dienone is 1. The third-order valence-corrected chi connectivity index (χ3v) is 4.04. The number of benzene rings is 1. The van der Waals surface area contributed by atoms with Crippen molar-refractivity contribution in [1.29, 1.82) is 0 Å². The van der Waals surface area contributed by atoms with Gasteiger partial charge in [-0.3, -0.25) is 9.59 Å². The fourth-order valence-electron chi connectivity index (χ4n) is 2.79. The average molecular weight is 301 g/mol. The number of fused-ring (bicyclic) bond motifs is 1. The number of unbranched alkanes of at least 4 members (excludes halogenated alkanes) is 2. The van der Waals surface area contributed by atoms with E-state index in [-0.39, 0.29) is 18.4 Å². The number of amides is 1. The normalized spacial score (nSPS) is 14.7. The summed E-state index contributed by atoms with van der Waals surface area (Å²) in [7, 11) is 0. The van der Waals surface area contributed by atoms with E-state index < -0.39 is 5.97 Å². The van der Waals surface area contributed by atoms with Gasteiger partial charge in [-0.25, -0.2) is 0 Å². The molecule has 2 rings (SSSR count). The molecule has 1 amide bonds. The van der Waals surface area contributed by atoms with Crippen molar-refractivity contribution in [3.8, 4) is 0 Å². The standard InChI is InChI=1S/C18H23NO3/c1-13(7-3-2-4-10-17(20)21)18(22)19-16-11-14-8-5-6-9-15(14)12-16/h5-9,16H,2-4,10-12H2,1H3,(H,19,22)(H,20,21). The number of carboxylic acids is 1. The number of hydrogen-bond donors (Lipinski definition) is 2. The molecule has 0 saturated heterocycles. The van der Waals surface area contributed by atoms with Crippen molar-refractivity contribution >= 4 is 11.9 Å². The Morgan fingerprint density at radius 1 is 1.23 bits per heavy atom. The van der Waals surface area contributed by atoms with Crippen molar-refractivity contribution in [2.45, 2.75) is 51.5 Å². The molecule has 0 unspecified atom stereocenters. The molecule has 0 spiro atoms. The minimum Gasteiger partial charge on any atom is -0.481 e.